The monoisotopic (exact) mass is 603 g/mol. The quantitative estimate of drug-likeness (QED) is 0.291. The molecular formula is C30H35Cl2N3O4S. The number of carbonyl (C=O) groups excluding carboxylic acids is 2. The minimum Gasteiger partial charge on any atom is -0.352 e. The first-order valence-corrected chi connectivity index (χ1v) is 15.6. The molecule has 3 aromatic carbocycles. The van der Waals surface area contributed by atoms with Crippen LogP contribution in [0.2, 0.25) is 10.0 Å². The van der Waals surface area contributed by atoms with Crippen LogP contribution < -0.4 is 9.62 Å². The van der Waals surface area contributed by atoms with E-state index in [1.54, 1.807) is 43.3 Å². The summed E-state index contributed by atoms with van der Waals surface area (Å²) < 4.78 is 26.9. The van der Waals surface area contributed by atoms with Gasteiger partial charge in [0.2, 0.25) is 21.8 Å². The molecule has 0 aliphatic rings. The summed E-state index contributed by atoms with van der Waals surface area (Å²) in [6.45, 7) is 5.10. The molecule has 2 atom stereocenters. The highest BCUT2D eigenvalue weighted by Gasteiger charge is 2.33. The van der Waals surface area contributed by atoms with Crippen molar-refractivity contribution in [1.82, 2.24) is 10.2 Å². The number of amides is 2. The van der Waals surface area contributed by atoms with E-state index in [0.717, 1.165) is 16.1 Å². The first kappa shape index (κ1) is 31.5. The van der Waals surface area contributed by atoms with E-state index in [1.807, 2.05) is 50.2 Å². The van der Waals surface area contributed by atoms with Crippen molar-refractivity contribution in [2.24, 2.45) is 0 Å². The lowest BCUT2D eigenvalue weighted by atomic mass is 10.0. The third-order valence-corrected chi connectivity index (χ3v) is 8.47. The Morgan fingerprint density at radius 1 is 0.950 bits per heavy atom. The van der Waals surface area contributed by atoms with E-state index in [-0.39, 0.29) is 24.9 Å². The summed E-state index contributed by atoms with van der Waals surface area (Å²) in [5.74, 6) is -0.858. The zero-order valence-electron chi connectivity index (χ0n) is 23.1. The molecule has 40 heavy (non-hydrogen) atoms. The molecule has 0 heterocycles. The highest BCUT2D eigenvalue weighted by molar-refractivity contribution is 7.92. The van der Waals surface area contributed by atoms with Gasteiger partial charge in [0.25, 0.3) is 0 Å². The number of nitrogens with one attached hydrogen (secondary N) is 1. The summed E-state index contributed by atoms with van der Waals surface area (Å²) in [7, 11) is -3.89. The van der Waals surface area contributed by atoms with Crippen LogP contribution >= 0.6 is 23.2 Å². The van der Waals surface area contributed by atoms with Crippen molar-refractivity contribution in [1.29, 1.82) is 0 Å². The molecule has 0 fully saturated rings. The van der Waals surface area contributed by atoms with Crippen LogP contribution in [0.4, 0.5) is 5.69 Å². The molecule has 10 heteroatoms. The van der Waals surface area contributed by atoms with Gasteiger partial charge in [-0.25, -0.2) is 8.42 Å². The molecule has 0 aliphatic heterocycles. The Labute approximate surface area is 247 Å². The lowest BCUT2D eigenvalue weighted by Gasteiger charge is -2.34. The van der Waals surface area contributed by atoms with Crippen molar-refractivity contribution in [2.45, 2.75) is 52.2 Å². The number of sulfonamides is 1. The fraction of sp³-hybridized carbons (Fsp3) is 0.333. The van der Waals surface area contributed by atoms with Gasteiger partial charge in [-0.3, -0.25) is 13.9 Å². The van der Waals surface area contributed by atoms with Crippen molar-refractivity contribution in [3.8, 4) is 0 Å². The molecule has 3 aromatic rings. The molecule has 0 spiro atoms. The van der Waals surface area contributed by atoms with E-state index < -0.39 is 28.5 Å². The molecule has 2 amide bonds. The summed E-state index contributed by atoms with van der Waals surface area (Å²) in [6.07, 6.45) is 1.99. The van der Waals surface area contributed by atoms with E-state index in [2.05, 4.69) is 5.32 Å². The number of hydrogen-bond acceptors (Lipinski definition) is 4. The second-order valence-corrected chi connectivity index (χ2v) is 12.6. The molecule has 0 bridgehead atoms. The summed E-state index contributed by atoms with van der Waals surface area (Å²) in [5, 5.41) is 3.87. The maximum absolute atomic E-state index is 14.1. The third-order valence-electron chi connectivity index (χ3n) is 6.70. The van der Waals surface area contributed by atoms with Gasteiger partial charge >= 0.3 is 0 Å². The zero-order valence-corrected chi connectivity index (χ0v) is 25.4. The van der Waals surface area contributed by atoms with Crippen LogP contribution in [0.5, 0.6) is 0 Å². The second kappa shape index (κ2) is 14.0. The Hall–Kier alpha value is -3.07. The fourth-order valence-electron chi connectivity index (χ4n) is 4.29. The summed E-state index contributed by atoms with van der Waals surface area (Å²) in [5.41, 5.74) is 2.40. The largest absolute Gasteiger partial charge is 0.352 e. The molecule has 1 N–H and O–H groups in total. The van der Waals surface area contributed by atoms with Crippen LogP contribution in [0.15, 0.2) is 72.8 Å². The molecule has 0 aromatic heterocycles. The van der Waals surface area contributed by atoms with Crippen LogP contribution in [-0.4, -0.2) is 50.0 Å². The van der Waals surface area contributed by atoms with Crippen molar-refractivity contribution in [2.75, 3.05) is 17.1 Å². The highest BCUT2D eigenvalue weighted by atomic mass is 35.5. The second-order valence-electron chi connectivity index (χ2n) is 9.83. The minimum absolute atomic E-state index is 0.0525. The average molecular weight is 605 g/mol. The van der Waals surface area contributed by atoms with Gasteiger partial charge < -0.3 is 10.2 Å². The lowest BCUT2D eigenvalue weighted by Crippen LogP contribution is -2.54. The van der Waals surface area contributed by atoms with Crippen LogP contribution in [0.3, 0.4) is 0 Å². The molecule has 0 aliphatic carbocycles. The normalized spacial score (nSPS) is 12.8. The summed E-state index contributed by atoms with van der Waals surface area (Å²) >= 11 is 12.5. The van der Waals surface area contributed by atoms with Gasteiger partial charge in [0, 0.05) is 29.1 Å². The van der Waals surface area contributed by atoms with Gasteiger partial charge in [-0.05, 0) is 61.2 Å². The molecule has 0 saturated heterocycles. The molecule has 214 valence electrons. The van der Waals surface area contributed by atoms with Crippen molar-refractivity contribution in [3.63, 3.8) is 0 Å². The predicted molar refractivity (Wildman–Crippen MR) is 162 cm³/mol. The number of hydrogen-bond donors (Lipinski definition) is 1. The van der Waals surface area contributed by atoms with Crippen LogP contribution in [-0.2, 0) is 32.6 Å². The SMILES string of the molecule is CC[C@@H](C)NC(=O)[C@@H](Cc1ccccc1)N(Cc1cccc(Cl)c1)C(=O)CN(c1cccc(Cl)c1C)S(C)(=O)=O. The molecular weight excluding hydrogens is 569 g/mol. The average Bonchev–Trinajstić information content (AvgIpc) is 2.90. The molecule has 3 rings (SSSR count). The minimum atomic E-state index is -3.89. The molecule has 7 nitrogen and oxygen atoms in total. The van der Waals surface area contributed by atoms with Crippen molar-refractivity contribution < 1.29 is 18.0 Å². The van der Waals surface area contributed by atoms with E-state index in [1.165, 1.54) is 4.90 Å². The van der Waals surface area contributed by atoms with Gasteiger partial charge in [-0.15, -0.1) is 0 Å². The Bertz CT molecular complexity index is 1430. The topological polar surface area (TPSA) is 86.8 Å². The Balaban J connectivity index is 2.09. The van der Waals surface area contributed by atoms with E-state index in [9.17, 15) is 18.0 Å². The maximum Gasteiger partial charge on any atom is 0.244 e. The number of nitrogens with zero attached hydrogens (tertiary/aromatic N) is 2. The summed E-state index contributed by atoms with van der Waals surface area (Å²) in [4.78, 5) is 29.3. The number of halogens is 2. The Kier molecular flexibility index (Phi) is 11.0. The van der Waals surface area contributed by atoms with Crippen LogP contribution in [0.25, 0.3) is 0 Å². The zero-order chi connectivity index (χ0) is 29.4. The molecule has 0 radical (unpaired) electrons. The smallest absolute Gasteiger partial charge is 0.244 e. The van der Waals surface area contributed by atoms with Crippen molar-refractivity contribution >= 4 is 50.7 Å². The van der Waals surface area contributed by atoms with Gasteiger partial charge in [-0.1, -0.05) is 78.7 Å². The van der Waals surface area contributed by atoms with Gasteiger partial charge in [0.1, 0.15) is 12.6 Å². The standard InChI is InChI=1S/C30H35Cl2N3O4S/c1-5-21(2)33-30(37)28(18-23-11-7-6-8-12-23)34(19-24-13-9-14-25(31)17-24)29(36)20-35(40(4,38)39)27-16-10-15-26(32)22(27)3/h6-17,21,28H,5,18-20H2,1-4H3,(H,33,37)/t21-,28-/m1/s1. The van der Waals surface area contributed by atoms with Crippen LogP contribution in [0, 0.1) is 6.92 Å². The third kappa shape index (κ3) is 8.46. The van der Waals surface area contributed by atoms with Gasteiger partial charge in [-0.2, -0.15) is 0 Å². The maximum atomic E-state index is 14.1. The number of carbonyl (C=O) groups is 2. The van der Waals surface area contributed by atoms with Gasteiger partial charge in [0.15, 0.2) is 0 Å². The molecule has 0 unspecified atom stereocenters. The predicted octanol–water partition coefficient (Wildman–Crippen LogP) is 5.62. The number of anilines is 1. The Morgan fingerprint density at radius 3 is 2.23 bits per heavy atom. The fourth-order valence-corrected chi connectivity index (χ4v) is 5.57. The van der Waals surface area contributed by atoms with E-state index in [4.69, 9.17) is 23.2 Å². The van der Waals surface area contributed by atoms with E-state index >= 15 is 0 Å². The number of benzene rings is 3. The molecule has 0 saturated carbocycles. The first-order chi connectivity index (χ1) is 18.9. The summed E-state index contributed by atoms with van der Waals surface area (Å²) in [6, 6.07) is 20.3. The van der Waals surface area contributed by atoms with Gasteiger partial charge in [0.05, 0.1) is 11.9 Å². The van der Waals surface area contributed by atoms with E-state index in [0.29, 0.717) is 33.3 Å². The Morgan fingerprint density at radius 2 is 1.60 bits per heavy atom. The lowest BCUT2D eigenvalue weighted by molar-refractivity contribution is -0.140. The highest BCUT2D eigenvalue weighted by Crippen LogP contribution is 2.29. The first-order valence-electron chi connectivity index (χ1n) is 13.0. The van der Waals surface area contributed by atoms with Crippen molar-refractivity contribution in [3.05, 3.63) is 99.5 Å². The van der Waals surface area contributed by atoms with Crippen LogP contribution in [0.1, 0.15) is 37.0 Å². The number of rotatable bonds is 12.